The number of rotatable bonds is 9. The molecule has 1 fully saturated rings. The van der Waals surface area contributed by atoms with E-state index in [1.807, 2.05) is 0 Å². The van der Waals surface area contributed by atoms with Crippen LogP contribution in [0.5, 0.6) is 11.5 Å². The van der Waals surface area contributed by atoms with Gasteiger partial charge in [0.15, 0.2) is 8.32 Å². The van der Waals surface area contributed by atoms with E-state index in [9.17, 15) is 0 Å². The SMILES string of the molecule is CC(C)(C)[Si](C)(C)Oc1cc(O[Si](C)(C)C(C)(C)C)cc(C(CC2CO2)O[Si](C)(C)C(C)(C)C)c1. The standard InChI is InChI=1S/C28H54O4Si3/c1-26(2,3)33(10,11)30-22-16-21(17-23(18-22)31-34(12,13)27(4,5)6)25(19-24-20-29-24)32-35(14,15)28(7,8)9/h16-18,24-25H,19-20H2,1-15H3. The minimum Gasteiger partial charge on any atom is -0.543 e. The van der Waals surface area contributed by atoms with Gasteiger partial charge in [-0.15, -0.1) is 0 Å². The predicted octanol–water partition coefficient (Wildman–Crippen LogP) is 9.31. The maximum atomic E-state index is 7.01. The zero-order valence-electron chi connectivity index (χ0n) is 25.4. The average molecular weight is 539 g/mol. The van der Waals surface area contributed by atoms with Crippen LogP contribution in [-0.4, -0.2) is 37.7 Å². The van der Waals surface area contributed by atoms with Crippen molar-refractivity contribution in [1.82, 2.24) is 0 Å². The van der Waals surface area contributed by atoms with Gasteiger partial charge in [0.2, 0.25) is 16.6 Å². The Morgan fingerprint density at radius 3 is 1.40 bits per heavy atom. The van der Waals surface area contributed by atoms with Crippen LogP contribution in [0, 0.1) is 0 Å². The number of hydrogen-bond acceptors (Lipinski definition) is 4. The van der Waals surface area contributed by atoms with Crippen LogP contribution >= 0.6 is 0 Å². The van der Waals surface area contributed by atoms with Crippen molar-refractivity contribution in [3.05, 3.63) is 23.8 Å². The average Bonchev–Trinajstić information content (AvgIpc) is 3.41. The summed E-state index contributed by atoms with van der Waals surface area (Å²) in [5.41, 5.74) is 1.15. The van der Waals surface area contributed by atoms with Crippen LogP contribution in [0.15, 0.2) is 18.2 Å². The van der Waals surface area contributed by atoms with Gasteiger partial charge in [-0.05, 0) is 72.1 Å². The van der Waals surface area contributed by atoms with E-state index in [0.717, 1.165) is 30.1 Å². The van der Waals surface area contributed by atoms with Crippen LogP contribution in [0.3, 0.4) is 0 Å². The lowest BCUT2D eigenvalue weighted by atomic mass is 10.0. The second-order valence-corrected chi connectivity index (χ2v) is 29.2. The van der Waals surface area contributed by atoms with E-state index in [1.165, 1.54) is 0 Å². The summed E-state index contributed by atoms with van der Waals surface area (Å²) in [5.74, 6) is 1.81. The highest BCUT2D eigenvalue weighted by molar-refractivity contribution is 6.75. The van der Waals surface area contributed by atoms with Gasteiger partial charge in [-0.1, -0.05) is 62.3 Å². The van der Waals surface area contributed by atoms with Gasteiger partial charge in [0.1, 0.15) is 11.5 Å². The number of ether oxygens (including phenoxy) is 1. The Morgan fingerprint density at radius 2 is 1.09 bits per heavy atom. The first-order chi connectivity index (χ1) is 15.5. The maximum Gasteiger partial charge on any atom is 0.250 e. The lowest BCUT2D eigenvalue weighted by Gasteiger charge is -2.40. The van der Waals surface area contributed by atoms with Crippen LogP contribution in [0.4, 0.5) is 0 Å². The Bertz CT molecular complexity index is 823. The topological polar surface area (TPSA) is 40.2 Å². The third-order valence-electron chi connectivity index (χ3n) is 8.75. The summed E-state index contributed by atoms with van der Waals surface area (Å²) in [7, 11) is -6.04. The zero-order chi connectivity index (χ0) is 27.3. The Kier molecular flexibility index (Phi) is 8.69. The minimum atomic E-state index is -2.02. The molecule has 0 spiro atoms. The number of hydrogen-bond donors (Lipinski definition) is 0. The molecule has 1 aromatic rings. The highest BCUT2D eigenvalue weighted by atomic mass is 28.4. The van der Waals surface area contributed by atoms with Crippen molar-refractivity contribution >= 4 is 25.0 Å². The molecule has 1 saturated heterocycles. The first kappa shape index (κ1) is 30.6. The third-order valence-corrected chi connectivity index (χ3v) is 22.0. The van der Waals surface area contributed by atoms with Gasteiger partial charge in [0, 0.05) is 12.5 Å². The first-order valence-electron chi connectivity index (χ1n) is 13.3. The van der Waals surface area contributed by atoms with Gasteiger partial charge in [0.05, 0.1) is 18.8 Å². The van der Waals surface area contributed by atoms with Crippen molar-refractivity contribution < 1.29 is 18.0 Å². The molecule has 0 aliphatic carbocycles. The smallest absolute Gasteiger partial charge is 0.250 e. The second-order valence-electron chi connectivity index (χ2n) is 15.0. The summed E-state index contributed by atoms with van der Waals surface area (Å²) >= 11 is 0. The van der Waals surface area contributed by atoms with Crippen molar-refractivity contribution in [3.8, 4) is 11.5 Å². The monoisotopic (exact) mass is 538 g/mol. The molecule has 0 saturated carbocycles. The fourth-order valence-electron chi connectivity index (χ4n) is 3.02. The van der Waals surface area contributed by atoms with Crippen molar-refractivity contribution in [3.63, 3.8) is 0 Å². The van der Waals surface area contributed by atoms with Crippen LogP contribution in [0.2, 0.25) is 54.4 Å². The van der Waals surface area contributed by atoms with Crippen LogP contribution in [0.1, 0.15) is 80.4 Å². The van der Waals surface area contributed by atoms with Gasteiger partial charge in [-0.3, -0.25) is 0 Å². The fourth-order valence-corrected chi connectivity index (χ4v) is 6.34. The zero-order valence-corrected chi connectivity index (χ0v) is 28.4. The summed E-state index contributed by atoms with van der Waals surface area (Å²) < 4.78 is 26.3. The molecule has 1 aliphatic rings. The van der Waals surface area contributed by atoms with Crippen LogP contribution < -0.4 is 8.85 Å². The molecule has 2 atom stereocenters. The van der Waals surface area contributed by atoms with Crippen molar-refractivity contribution in [2.75, 3.05) is 6.61 Å². The molecule has 4 nitrogen and oxygen atoms in total. The van der Waals surface area contributed by atoms with Crippen molar-refractivity contribution in [2.24, 2.45) is 0 Å². The number of benzene rings is 1. The van der Waals surface area contributed by atoms with E-state index in [-0.39, 0.29) is 27.3 Å². The second kappa shape index (κ2) is 9.93. The highest BCUT2D eigenvalue weighted by Crippen LogP contribution is 2.45. The molecule has 0 bridgehead atoms. The molecule has 0 aromatic heterocycles. The van der Waals surface area contributed by atoms with E-state index in [1.54, 1.807) is 0 Å². The normalized spacial score (nSPS) is 18.9. The quantitative estimate of drug-likeness (QED) is 0.232. The Morgan fingerprint density at radius 1 is 0.714 bits per heavy atom. The first-order valence-corrected chi connectivity index (χ1v) is 22.0. The molecular weight excluding hydrogens is 485 g/mol. The summed E-state index contributed by atoms with van der Waals surface area (Å²) in [4.78, 5) is 0. The lowest BCUT2D eigenvalue weighted by Crippen LogP contribution is -2.44. The molecule has 0 N–H and O–H groups in total. The van der Waals surface area contributed by atoms with Crippen LogP contribution in [-0.2, 0) is 9.16 Å². The van der Waals surface area contributed by atoms with E-state index >= 15 is 0 Å². The molecule has 1 heterocycles. The highest BCUT2D eigenvalue weighted by Gasteiger charge is 2.43. The summed E-state index contributed by atoms with van der Waals surface area (Å²) in [6, 6.07) is 6.53. The molecule has 2 rings (SSSR count). The molecule has 202 valence electrons. The minimum absolute atomic E-state index is 0.0341. The number of epoxide rings is 1. The Balaban J connectivity index is 2.57. The van der Waals surface area contributed by atoms with Gasteiger partial charge in [-0.2, -0.15) is 0 Å². The molecule has 1 aromatic carbocycles. The van der Waals surface area contributed by atoms with Crippen molar-refractivity contribution in [1.29, 1.82) is 0 Å². The molecule has 2 unspecified atom stereocenters. The fraction of sp³-hybridized carbons (Fsp3) is 0.786. The molecule has 0 radical (unpaired) electrons. The van der Waals surface area contributed by atoms with E-state index < -0.39 is 25.0 Å². The molecule has 7 heteroatoms. The molecular formula is C28H54O4Si3. The summed E-state index contributed by atoms with van der Waals surface area (Å²) in [6.07, 6.45) is 1.11. The van der Waals surface area contributed by atoms with E-state index in [2.05, 4.69) is 120 Å². The summed E-state index contributed by atoms with van der Waals surface area (Å²) in [6.45, 7) is 35.3. The largest absolute Gasteiger partial charge is 0.543 e. The van der Waals surface area contributed by atoms with Crippen LogP contribution in [0.25, 0.3) is 0 Å². The predicted molar refractivity (Wildman–Crippen MR) is 157 cm³/mol. The van der Waals surface area contributed by atoms with Crippen molar-refractivity contribution in [2.45, 2.75) is 135 Å². The summed E-state index contributed by atoms with van der Waals surface area (Å²) in [5, 5.41) is 0.357. The molecule has 35 heavy (non-hydrogen) atoms. The van der Waals surface area contributed by atoms with Gasteiger partial charge in [0.25, 0.3) is 0 Å². The van der Waals surface area contributed by atoms with E-state index in [4.69, 9.17) is 18.0 Å². The maximum absolute atomic E-state index is 7.01. The Labute approximate surface area is 219 Å². The van der Waals surface area contributed by atoms with Gasteiger partial charge < -0.3 is 18.0 Å². The van der Waals surface area contributed by atoms with E-state index in [0.29, 0.717) is 0 Å². The molecule has 0 amide bonds. The third kappa shape index (κ3) is 7.94. The van der Waals surface area contributed by atoms with Gasteiger partial charge in [-0.25, -0.2) is 0 Å². The van der Waals surface area contributed by atoms with Gasteiger partial charge >= 0.3 is 0 Å². The lowest BCUT2D eigenvalue weighted by molar-refractivity contribution is 0.160. The molecule has 1 aliphatic heterocycles. The Hall–Kier alpha value is -0.609.